The van der Waals surface area contributed by atoms with Crippen LogP contribution in [0.5, 0.6) is 0 Å². The minimum atomic E-state index is -4.50. The molecule has 4 rings (SSSR count). The molecule has 10 heteroatoms. The van der Waals surface area contributed by atoms with E-state index < -0.39 is 33.1 Å². The van der Waals surface area contributed by atoms with Gasteiger partial charge >= 0.3 is 6.18 Å². The number of aliphatic hydroxyl groups excluding tert-OH is 1. The van der Waals surface area contributed by atoms with E-state index in [2.05, 4.69) is 4.98 Å². The molecule has 3 heterocycles. The molecule has 0 aliphatic carbocycles. The van der Waals surface area contributed by atoms with Crippen molar-refractivity contribution in [2.24, 2.45) is 0 Å². The van der Waals surface area contributed by atoms with Crippen molar-refractivity contribution in [1.29, 1.82) is 0 Å². The van der Waals surface area contributed by atoms with E-state index in [9.17, 15) is 27.0 Å². The molecule has 6 nitrogen and oxygen atoms in total. The number of sulfonamides is 1. The summed E-state index contributed by atoms with van der Waals surface area (Å²) in [4.78, 5) is 5.28. The summed E-state index contributed by atoms with van der Waals surface area (Å²) < 4.78 is 64.5. The minimum Gasteiger partial charge on any atom is -0.592 e. The molecule has 2 aromatic rings. The highest BCUT2D eigenvalue weighted by atomic mass is 32.3. The zero-order chi connectivity index (χ0) is 20.9. The Morgan fingerprint density at radius 2 is 1.97 bits per heavy atom. The van der Waals surface area contributed by atoms with Crippen molar-refractivity contribution in [2.45, 2.75) is 30.0 Å². The van der Waals surface area contributed by atoms with E-state index in [0.717, 1.165) is 12.3 Å². The van der Waals surface area contributed by atoms with Gasteiger partial charge in [-0.05, 0) is 23.8 Å². The Labute approximate surface area is 167 Å². The summed E-state index contributed by atoms with van der Waals surface area (Å²) in [6.07, 6.45) is -4.14. The second-order valence-corrected chi connectivity index (χ2v) is 9.67. The Bertz CT molecular complexity index is 926. The number of anilines is 1. The first-order valence-corrected chi connectivity index (χ1v) is 10.6. The van der Waals surface area contributed by atoms with Crippen molar-refractivity contribution in [3.05, 3.63) is 59.9 Å². The Morgan fingerprint density at radius 1 is 1.24 bits per heavy atom. The highest BCUT2D eigenvalue weighted by molar-refractivity contribution is 8.00. The Hall–Kier alpha value is -2.01. The van der Waals surface area contributed by atoms with E-state index >= 15 is 0 Å². The van der Waals surface area contributed by atoms with E-state index in [0.29, 0.717) is 17.8 Å². The number of aromatic nitrogens is 1. The number of hydrogen-bond acceptors (Lipinski definition) is 5. The van der Waals surface area contributed by atoms with Crippen LogP contribution < -0.4 is 4.31 Å². The molecule has 2 aliphatic rings. The van der Waals surface area contributed by atoms with Crippen LogP contribution in [0.15, 0.2) is 48.7 Å². The summed E-state index contributed by atoms with van der Waals surface area (Å²) in [5, 5.41) is 10.7. The van der Waals surface area contributed by atoms with Gasteiger partial charge in [0, 0.05) is 25.7 Å². The average molecular weight is 427 g/mol. The van der Waals surface area contributed by atoms with Crippen molar-refractivity contribution in [3.8, 4) is 0 Å². The van der Waals surface area contributed by atoms with E-state index in [1.807, 2.05) is 4.90 Å². The molecule has 2 fully saturated rings. The van der Waals surface area contributed by atoms with Crippen LogP contribution in [-0.4, -0.2) is 50.0 Å². The molecule has 156 valence electrons. The first kappa shape index (κ1) is 20.3. The number of para-hydroxylation sites is 1. The fourth-order valence-corrected chi connectivity index (χ4v) is 6.39. The van der Waals surface area contributed by atoms with Gasteiger partial charge in [0.1, 0.15) is 11.8 Å². The number of alkyl halides is 3. The van der Waals surface area contributed by atoms with Gasteiger partial charge in [0.05, 0.1) is 18.8 Å². The topological polar surface area (TPSA) is 79.7 Å². The van der Waals surface area contributed by atoms with Gasteiger partial charge in [-0.15, -0.1) is 0 Å². The smallest absolute Gasteiger partial charge is 0.433 e. The van der Waals surface area contributed by atoms with Crippen LogP contribution >= 0.6 is 0 Å². The Morgan fingerprint density at radius 3 is 2.59 bits per heavy atom. The maximum absolute atomic E-state index is 13.3. The molecule has 2 aliphatic heterocycles. The fraction of sp³-hybridized carbons (Fsp3) is 0.421. The summed E-state index contributed by atoms with van der Waals surface area (Å²) in [7, 11) is -3.80. The molecule has 0 bridgehead atoms. The highest BCUT2D eigenvalue weighted by Gasteiger charge is 2.66. The van der Waals surface area contributed by atoms with Gasteiger partial charge in [-0.1, -0.05) is 28.5 Å². The molecule has 2 saturated heterocycles. The maximum atomic E-state index is 13.3. The lowest BCUT2D eigenvalue weighted by Gasteiger charge is -2.32. The van der Waals surface area contributed by atoms with Gasteiger partial charge < -0.3 is 9.66 Å². The molecule has 1 spiro atoms. The van der Waals surface area contributed by atoms with Crippen molar-refractivity contribution in [3.63, 3.8) is 0 Å². The number of likely N-dealkylation sites (tertiary alicyclic amines) is 1. The summed E-state index contributed by atoms with van der Waals surface area (Å²) in [6.45, 7) is 0.781. The molecule has 0 radical (unpaired) electrons. The standard InChI is InChI=1S/C19H20F3N3O3S/c20-19(21,22)16-7-6-14(10-23-16)11-24-9-8-18(13-24)17(26)12-25(29(18,27)28)15-4-2-1-3-5-15/h1-7,10,17,26H,8-9,11-13H2/t17-,18-/m1/s1. The molecular weight excluding hydrogens is 407 g/mol. The third-order valence-electron chi connectivity index (χ3n) is 5.66. The number of benzene rings is 1. The number of aliphatic hydroxyl groups is 1. The fourth-order valence-electron chi connectivity index (χ4n) is 4.10. The molecule has 0 amide bonds. The van der Waals surface area contributed by atoms with Crippen molar-refractivity contribution < 1.29 is 27.0 Å². The first-order chi connectivity index (χ1) is 13.6. The molecular formula is C19H20F3N3O3S. The zero-order valence-electron chi connectivity index (χ0n) is 15.4. The molecule has 29 heavy (non-hydrogen) atoms. The van der Waals surface area contributed by atoms with Crippen molar-refractivity contribution in [1.82, 2.24) is 9.88 Å². The van der Waals surface area contributed by atoms with Crippen molar-refractivity contribution >= 4 is 16.1 Å². The number of β-amino-alcohol motifs (C(OH)–C–C–N with tert-alkyl or cyclic N) is 1. The van der Waals surface area contributed by atoms with Crippen LogP contribution in [0.1, 0.15) is 17.7 Å². The minimum absolute atomic E-state index is 0.0119. The van der Waals surface area contributed by atoms with E-state index in [4.69, 9.17) is 0 Å². The molecule has 3 atom stereocenters. The maximum Gasteiger partial charge on any atom is 0.433 e. The number of nitrogens with zero attached hydrogens (tertiary/aromatic N) is 3. The lowest BCUT2D eigenvalue weighted by Crippen LogP contribution is -2.51. The lowest BCUT2D eigenvalue weighted by atomic mass is 10.0. The molecule has 1 unspecified atom stereocenters. The Balaban J connectivity index is 1.51. The largest absolute Gasteiger partial charge is 0.592 e. The molecule has 1 N–H and O–H groups in total. The summed E-state index contributed by atoms with van der Waals surface area (Å²) >= 11 is 0. The monoisotopic (exact) mass is 427 g/mol. The molecule has 1 aromatic carbocycles. The van der Waals surface area contributed by atoms with Gasteiger partial charge in [0.2, 0.25) is 0 Å². The van der Waals surface area contributed by atoms with E-state index in [-0.39, 0.29) is 26.1 Å². The lowest BCUT2D eigenvalue weighted by molar-refractivity contribution is -0.141. The molecule has 0 saturated carbocycles. The number of hydrogen-bond donors (Lipinski definition) is 1. The quantitative estimate of drug-likeness (QED) is 0.762. The second kappa shape index (κ2) is 7.05. The molecule has 1 aromatic heterocycles. The summed E-state index contributed by atoms with van der Waals surface area (Å²) in [5.41, 5.74) is 0.0973. The number of halogens is 3. The van der Waals surface area contributed by atoms with Gasteiger partial charge in [-0.3, -0.25) is 9.88 Å². The number of pyridine rings is 1. The number of rotatable bonds is 3. The van der Waals surface area contributed by atoms with Crippen LogP contribution in [0, 0.1) is 0 Å². The van der Waals surface area contributed by atoms with Gasteiger partial charge in [0.15, 0.2) is 15.1 Å². The van der Waals surface area contributed by atoms with E-state index in [1.54, 1.807) is 30.3 Å². The average Bonchev–Trinajstić information content (AvgIpc) is 3.19. The van der Waals surface area contributed by atoms with E-state index in [1.165, 1.54) is 10.4 Å². The third kappa shape index (κ3) is 3.43. The van der Waals surface area contributed by atoms with Crippen LogP contribution in [0.3, 0.4) is 0 Å². The van der Waals surface area contributed by atoms with Crippen LogP contribution in [0.2, 0.25) is 0 Å². The van der Waals surface area contributed by atoms with Crippen LogP contribution in [0.25, 0.3) is 0 Å². The summed E-state index contributed by atoms with van der Waals surface area (Å²) in [5.74, 6) is 0. The highest BCUT2D eigenvalue weighted by Crippen LogP contribution is 2.46. The third-order valence-corrected chi connectivity index (χ3v) is 8.23. The zero-order valence-corrected chi connectivity index (χ0v) is 16.2. The predicted octanol–water partition coefficient (Wildman–Crippen LogP) is 2.47. The first-order valence-electron chi connectivity index (χ1n) is 9.13. The van der Waals surface area contributed by atoms with Gasteiger partial charge in [-0.2, -0.15) is 17.5 Å². The van der Waals surface area contributed by atoms with Crippen LogP contribution in [0.4, 0.5) is 18.9 Å². The van der Waals surface area contributed by atoms with Crippen LogP contribution in [-0.2, 0) is 27.3 Å². The SMILES string of the molecule is O=[S+]1([O-])N(c2ccccc2)C[C@@H](O)[C@]12CCN(Cc1ccc(C(F)(F)F)nc1)C2. The van der Waals surface area contributed by atoms with Gasteiger partial charge in [-0.25, -0.2) is 0 Å². The van der Waals surface area contributed by atoms with Crippen molar-refractivity contribution in [2.75, 3.05) is 23.9 Å². The predicted molar refractivity (Wildman–Crippen MR) is 100 cm³/mol. The normalized spacial score (nSPS) is 30.4. The summed E-state index contributed by atoms with van der Waals surface area (Å²) in [6, 6.07) is 10.9. The second-order valence-electron chi connectivity index (χ2n) is 7.46. The van der Waals surface area contributed by atoms with Gasteiger partial charge in [0.25, 0.3) is 0 Å². The Kier molecular flexibility index (Phi) is 4.93.